The summed E-state index contributed by atoms with van der Waals surface area (Å²) in [6.07, 6.45) is 1.59. The van der Waals surface area contributed by atoms with Crippen LogP contribution < -0.4 is 4.90 Å². The molecule has 1 heterocycles. The van der Waals surface area contributed by atoms with Gasteiger partial charge in [-0.1, -0.05) is 6.07 Å². The van der Waals surface area contributed by atoms with Crippen LogP contribution in [-0.4, -0.2) is 29.2 Å². The lowest BCUT2D eigenvalue weighted by atomic mass is 9.92. The maximum absolute atomic E-state index is 11.0. The summed E-state index contributed by atoms with van der Waals surface area (Å²) in [5, 5.41) is 20.5. The Labute approximate surface area is 113 Å². The summed E-state index contributed by atoms with van der Waals surface area (Å²) in [5.74, 6) is 0.344. The second-order valence-electron chi connectivity index (χ2n) is 5.29. The first-order valence-electron chi connectivity index (χ1n) is 6.67. The summed E-state index contributed by atoms with van der Waals surface area (Å²) in [7, 11) is 0. The molecule has 104 valence electrons. The monoisotopic (exact) mass is 264 g/mol. The van der Waals surface area contributed by atoms with Crippen molar-refractivity contribution >= 4 is 11.4 Å². The van der Waals surface area contributed by atoms with Gasteiger partial charge in [0.2, 0.25) is 0 Å². The van der Waals surface area contributed by atoms with Crippen LogP contribution in [0.15, 0.2) is 18.2 Å². The number of aliphatic hydroxyl groups excluding tert-OH is 1. The van der Waals surface area contributed by atoms with Crippen molar-refractivity contribution in [2.45, 2.75) is 32.8 Å². The Kier molecular flexibility index (Phi) is 4.04. The molecule has 1 aromatic rings. The summed E-state index contributed by atoms with van der Waals surface area (Å²) >= 11 is 0. The second kappa shape index (κ2) is 5.57. The van der Waals surface area contributed by atoms with Gasteiger partial charge in [-0.3, -0.25) is 10.1 Å². The molecule has 5 heteroatoms. The lowest BCUT2D eigenvalue weighted by Gasteiger charge is -2.34. The van der Waals surface area contributed by atoms with Crippen LogP contribution >= 0.6 is 0 Å². The number of nitro groups is 1. The maximum Gasteiger partial charge on any atom is 0.274 e. The topological polar surface area (TPSA) is 66.6 Å². The van der Waals surface area contributed by atoms with E-state index in [1.165, 1.54) is 0 Å². The third-order valence-electron chi connectivity index (χ3n) is 3.98. The SMILES string of the molecule is Cc1ccc(N2CCC(C(C)O)CC2)cc1[N+](=O)[O-]. The molecule has 5 nitrogen and oxygen atoms in total. The first-order chi connectivity index (χ1) is 8.99. The molecule has 0 saturated carbocycles. The number of rotatable bonds is 3. The van der Waals surface area contributed by atoms with Crippen molar-refractivity contribution in [3.63, 3.8) is 0 Å². The molecule has 2 rings (SSSR count). The van der Waals surface area contributed by atoms with Gasteiger partial charge in [0.15, 0.2) is 0 Å². The van der Waals surface area contributed by atoms with Crippen molar-refractivity contribution in [3.05, 3.63) is 33.9 Å². The lowest BCUT2D eigenvalue weighted by Crippen LogP contribution is -2.37. The molecule has 19 heavy (non-hydrogen) atoms. The second-order valence-corrected chi connectivity index (χ2v) is 5.29. The normalized spacial score (nSPS) is 18.4. The average molecular weight is 264 g/mol. The van der Waals surface area contributed by atoms with E-state index in [4.69, 9.17) is 0 Å². The van der Waals surface area contributed by atoms with Crippen LogP contribution in [0.1, 0.15) is 25.3 Å². The van der Waals surface area contributed by atoms with Gasteiger partial charge in [-0.2, -0.15) is 0 Å². The molecule has 1 aromatic carbocycles. The van der Waals surface area contributed by atoms with Gasteiger partial charge in [0, 0.05) is 30.4 Å². The van der Waals surface area contributed by atoms with Crippen molar-refractivity contribution in [3.8, 4) is 0 Å². The number of benzene rings is 1. The summed E-state index contributed by atoms with van der Waals surface area (Å²) in [6, 6.07) is 5.39. The molecule has 1 fully saturated rings. The summed E-state index contributed by atoms with van der Waals surface area (Å²) in [5.41, 5.74) is 1.77. The van der Waals surface area contributed by atoms with Crippen LogP contribution in [0.5, 0.6) is 0 Å². The minimum absolute atomic E-state index is 0.176. The van der Waals surface area contributed by atoms with Crippen molar-refractivity contribution < 1.29 is 10.0 Å². The molecule has 0 bridgehead atoms. The number of piperidine rings is 1. The first kappa shape index (κ1) is 13.8. The summed E-state index contributed by atoms with van der Waals surface area (Å²) < 4.78 is 0. The van der Waals surface area contributed by atoms with Crippen molar-refractivity contribution in [1.82, 2.24) is 0 Å². The Hall–Kier alpha value is -1.62. The Morgan fingerprint density at radius 2 is 2.05 bits per heavy atom. The molecule has 1 atom stereocenters. The molecule has 0 aromatic heterocycles. The molecule has 0 spiro atoms. The predicted molar refractivity (Wildman–Crippen MR) is 74.5 cm³/mol. The fraction of sp³-hybridized carbons (Fsp3) is 0.571. The van der Waals surface area contributed by atoms with E-state index in [1.54, 1.807) is 19.1 Å². The van der Waals surface area contributed by atoms with E-state index in [0.29, 0.717) is 11.5 Å². The molecule has 1 aliphatic heterocycles. The van der Waals surface area contributed by atoms with Crippen molar-refractivity contribution in [2.75, 3.05) is 18.0 Å². The molecular weight excluding hydrogens is 244 g/mol. The van der Waals surface area contributed by atoms with Gasteiger partial charge < -0.3 is 10.0 Å². The van der Waals surface area contributed by atoms with Crippen LogP contribution in [0.3, 0.4) is 0 Å². The van der Waals surface area contributed by atoms with Crippen molar-refractivity contribution in [2.24, 2.45) is 5.92 Å². The number of anilines is 1. The highest BCUT2D eigenvalue weighted by molar-refractivity contribution is 5.56. The van der Waals surface area contributed by atoms with Crippen LogP contribution in [0.2, 0.25) is 0 Å². The first-order valence-corrected chi connectivity index (χ1v) is 6.67. The van der Waals surface area contributed by atoms with Gasteiger partial charge >= 0.3 is 0 Å². The third kappa shape index (κ3) is 3.04. The zero-order valence-corrected chi connectivity index (χ0v) is 11.4. The largest absolute Gasteiger partial charge is 0.393 e. The molecule has 1 aliphatic rings. The fourth-order valence-electron chi connectivity index (χ4n) is 2.63. The summed E-state index contributed by atoms with van der Waals surface area (Å²) in [6.45, 7) is 5.27. The maximum atomic E-state index is 11.0. The number of nitro benzene ring substituents is 1. The smallest absolute Gasteiger partial charge is 0.274 e. The third-order valence-corrected chi connectivity index (χ3v) is 3.98. The zero-order chi connectivity index (χ0) is 14.0. The van der Waals surface area contributed by atoms with Gasteiger partial charge in [-0.15, -0.1) is 0 Å². The fourth-order valence-corrected chi connectivity index (χ4v) is 2.63. The van der Waals surface area contributed by atoms with Crippen molar-refractivity contribution in [1.29, 1.82) is 0 Å². The van der Waals surface area contributed by atoms with Gasteiger partial charge in [0.05, 0.1) is 11.0 Å². The molecule has 0 radical (unpaired) electrons. The van der Waals surface area contributed by atoms with Gasteiger partial charge in [-0.05, 0) is 38.7 Å². The van der Waals surface area contributed by atoms with E-state index < -0.39 is 0 Å². The minimum Gasteiger partial charge on any atom is -0.393 e. The number of aliphatic hydroxyl groups is 1. The molecular formula is C14H20N2O3. The molecule has 1 saturated heterocycles. The number of hydrogen-bond donors (Lipinski definition) is 1. The van der Waals surface area contributed by atoms with Crippen LogP contribution in [0, 0.1) is 23.0 Å². The van der Waals surface area contributed by atoms with E-state index in [0.717, 1.165) is 31.6 Å². The highest BCUT2D eigenvalue weighted by atomic mass is 16.6. The van der Waals surface area contributed by atoms with Crippen LogP contribution in [0.25, 0.3) is 0 Å². The van der Waals surface area contributed by atoms with E-state index in [-0.39, 0.29) is 16.7 Å². The average Bonchev–Trinajstić information content (AvgIpc) is 2.39. The Morgan fingerprint density at radius 3 is 2.58 bits per heavy atom. The Morgan fingerprint density at radius 1 is 1.42 bits per heavy atom. The van der Waals surface area contributed by atoms with Gasteiger partial charge in [-0.25, -0.2) is 0 Å². The van der Waals surface area contributed by atoms with Gasteiger partial charge in [0.25, 0.3) is 5.69 Å². The summed E-state index contributed by atoms with van der Waals surface area (Å²) in [4.78, 5) is 12.8. The van der Waals surface area contributed by atoms with E-state index in [1.807, 2.05) is 13.0 Å². The zero-order valence-electron chi connectivity index (χ0n) is 11.4. The van der Waals surface area contributed by atoms with E-state index in [2.05, 4.69) is 4.90 Å². The highest BCUT2D eigenvalue weighted by Gasteiger charge is 2.23. The predicted octanol–water partition coefficient (Wildman–Crippen LogP) is 2.50. The Bertz CT molecular complexity index is 466. The lowest BCUT2D eigenvalue weighted by molar-refractivity contribution is -0.385. The van der Waals surface area contributed by atoms with E-state index >= 15 is 0 Å². The number of aryl methyl sites for hydroxylation is 1. The minimum atomic E-state index is -0.332. The highest BCUT2D eigenvalue weighted by Crippen LogP contribution is 2.29. The Balaban J connectivity index is 2.12. The van der Waals surface area contributed by atoms with E-state index in [9.17, 15) is 15.2 Å². The molecule has 1 unspecified atom stereocenters. The quantitative estimate of drug-likeness (QED) is 0.673. The van der Waals surface area contributed by atoms with Gasteiger partial charge in [0.1, 0.15) is 0 Å². The molecule has 0 amide bonds. The van der Waals surface area contributed by atoms with Crippen LogP contribution in [0.4, 0.5) is 11.4 Å². The van der Waals surface area contributed by atoms with Crippen LogP contribution in [-0.2, 0) is 0 Å². The molecule has 0 aliphatic carbocycles. The standard InChI is InChI=1S/C14H20N2O3/c1-10-3-4-13(9-14(10)16(18)19)15-7-5-12(6-8-15)11(2)17/h3-4,9,11-12,17H,5-8H2,1-2H3. The number of nitrogens with zero attached hydrogens (tertiary/aromatic N) is 2. The number of hydrogen-bond acceptors (Lipinski definition) is 4. The molecule has 1 N–H and O–H groups in total.